The van der Waals surface area contributed by atoms with Crippen LogP contribution in [0, 0.1) is 0 Å². The van der Waals surface area contributed by atoms with Crippen LogP contribution in [0.2, 0.25) is 0 Å². The van der Waals surface area contributed by atoms with Gasteiger partial charge in [0.15, 0.2) is 0 Å². The second-order valence-corrected chi connectivity index (χ2v) is 3.02. The summed E-state index contributed by atoms with van der Waals surface area (Å²) in [7, 11) is 0. The van der Waals surface area contributed by atoms with E-state index < -0.39 is 0 Å². The normalized spacial score (nSPS) is 15.5. The molecule has 0 aromatic heterocycles. The molecule has 0 N–H and O–H groups in total. The van der Waals surface area contributed by atoms with Gasteiger partial charge in [-0.2, -0.15) is 0 Å². The molecule has 1 aliphatic carbocycles. The predicted octanol–water partition coefficient (Wildman–Crippen LogP) is 2.22. The molecular weight excluding hydrogens is 148 g/mol. The minimum absolute atomic E-state index is 0.302. The fourth-order valence-corrected chi connectivity index (χ4v) is 1.46. The van der Waals surface area contributed by atoms with E-state index in [1.165, 1.54) is 5.56 Å². The zero-order chi connectivity index (χ0) is 8.39. The van der Waals surface area contributed by atoms with E-state index in [9.17, 15) is 4.79 Å². The van der Waals surface area contributed by atoms with E-state index in [2.05, 4.69) is 0 Å². The fraction of sp³-hybridized carbons (Fsp3) is 0.182. The Morgan fingerprint density at radius 1 is 1.17 bits per heavy atom. The molecule has 0 bridgehead atoms. The lowest BCUT2D eigenvalue weighted by molar-refractivity contribution is -0.117. The first-order valence-corrected chi connectivity index (χ1v) is 4.12. The van der Waals surface area contributed by atoms with Crippen molar-refractivity contribution >= 4 is 11.9 Å². The topological polar surface area (TPSA) is 17.1 Å². The number of hydrogen-bond donors (Lipinski definition) is 0. The molecule has 1 aromatic rings. The molecule has 1 nitrogen and oxygen atoms in total. The van der Waals surface area contributed by atoms with Gasteiger partial charge >= 0.3 is 0 Å². The number of benzene rings is 1. The molecule has 1 aliphatic rings. The van der Waals surface area contributed by atoms with Crippen LogP contribution < -0.4 is 0 Å². The first-order chi connectivity index (χ1) is 5.86. The summed E-state index contributed by atoms with van der Waals surface area (Å²) in [4.78, 5) is 11.2. The van der Waals surface area contributed by atoms with E-state index in [0.717, 1.165) is 5.56 Å². The molecule has 0 atom stereocenters. The third-order valence-corrected chi connectivity index (χ3v) is 2.09. The maximum atomic E-state index is 11.2. The largest absolute Gasteiger partial charge is 0.299 e. The molecule has 0 aliphatic heterocycles. The van der Waals surface area contributed by atoms with Gasteiger partial charge < -0.3 is 0 Å². The minimum atomic E-state index is 0.302. The standard InChI is InChI=1S/C11H10O/c12-11-7-3-6-9-4-1-2-5-10(9)8-11/h1-6H,7-8H2. The Bertz CT molecular complexity index is 337. The molecule has 0 unspecified atom stereocenters. The highest BCUT2D eigenvalue weighted by molar-refractivity contribution is 5.85. The number of allylic oxidation sites excluding steroid dienone is 1. The molecular formula is C11H10O. The molecule has 0 fully saturated rings. The summed E-state index contributed by atoms with van der Waals surface area (Å²) < 4.78 is 0. The van der Waals surface area contributed by atoms with Crippen molar-refractivity contribution in [1.82, 2.24) is 0 Å². The number of carbonyl (C=O) groups is 1. The smallest absolute Gasteiger partial charge is 0.141 e. The molecule has 0 radical (unpaired) electrons. The second kappa shape index (κ2) is 2.94. The second-order valence-electron chi connectivity index (χ2n) is 3.02. The third-order valence-electron chi connectivity index (χ3n) is 2.09. The van der Waals surface area contributed by atoms with Crippen LogP contribution >= 0.6 is 0 Å². The minimum Gasteiger partial charge on any atom is -0.299 e. The highest BCUT2D eigenvalue weighted by Gasteiger charge is 2.07. The van der Waals surface area contributed by atoms with E-state index in [1.54, 1.807) is 0 Å². The number of rotatable bonds is 0. The average Bonchev–Trinajstić information content (AvgIpc) is 2.25. The highest BCUT2D eigenvalue weighted by Crippen LogP contribution is 2.15. The van der Waals surface area contributed by atoms with Gasteiger partial charge in [-0.1, -0.05) is 36.4 Å². The van der Waals surface area contributed by atoms with Gasteiger partial charge in [-0.3, -0.25) is 4.79 Å². The van der Waals surface area contributed by atoms with Crippen LogP contribution in [0.3, 0.4) is 0 Å². The Hall–Kier alpha value is -1.37. The van der Waals surface area contributed by atoms with Crippen molar-refractivity contribution < 1.29 is 4.79 Å². The first kappa shape index (κ1) is 7.29. The molecule has 0 heterocycles. The predicted molar refractivity (Wildman–Crippen MR) is 48.8 cm³/mol. The summed E-state index contributed by atoms with van der Waals surface area (Å²) in [6, 6.07) is 8.04. The van der Waals surface area contributed by atoms with Crippen LogP contribution in [0.1, 0.15) is 17.5 Å². The first-order valence-electron chi connectivity index (χ1n) is 4.12. The van der Waals surface area contributed by atoms with E-state index in [1.807, 2.05) is 36.4 Å². The van der Waals surface area contributed by atoms with E-state index >= 15 is 0 Å². The fourth-order valence-electron chi connectivity index (χ4n) is 1.46. The summed E-state index contributed by atoms with van der Waals surface area (Å²) >= 11 is 0. The molecule has 1 aromatic carbocycles. The Morgan fingerprint density at radius 3 is 2.92 bits per heavy atom. The summed E-state index contributed by atoms with van der Waals surface area (Å²) in [6.07, 6.45) is 5.13. The quantitative estimate of drug-likeness (QED) is 0.565. The van der Waals surface area contributed by atoms with Crippen molar-refractivity contribution in [2.45, 2.75) is 12.8 Å². The van der Waals surface area contributed by atoms with E-state index in [4.69, 9.17) is 0 Å². The lowest BCUT2D eigenvalue weighted by Crippen LogP contribution is -1.99. The van der Waals surface area contributed by atoms with Crippen molar-refractivity contribution in [3.63, 3.8) is 0 Å². The SMILES string of the molecule is O=C1CC=Cc2ccccc2C1. The van der Waals surface area contributed by atoms with Gasteiger partial charge in [0.2, 0.25) is 0 Å². The number of hydrogen-bond acceptors (Lipinski definition) is 1. The molecule has 1 heteroatoms. The van der Waals surface area contributed by atoms with Crippen LogP contribution in [0.4, 0.5) is 0 Å². The number of ketones is 1. The van der Waals surface area contributed by atoms with Gasteiger partial charge in [-0.05, 0) is 11.1 Å². The van der Waals surface area contributed by atoms with Crippen molar-refractivity contribution in [2.24, 2.45) is 0 Å². The number of carbonyl (C=O) groups excluding carboxylic acids is 1. The summed E-state index contributed by atoms with van der Waals surface area (Å²) in [5.41, 5.74) is 2.33. The zero-order valence-corrected chi connectivity index (χ0v) is 6.79. The van der Waals surface area contributed by atoms with Gasteiger partial charge in [0.25, 0.3) is 0 Å². The highest BCUT2D eigenvalue weighted by atomic mass is 16.1. The maximum Gasteiger partial charge on any atom is 0.141 e. The Balaban J connectivity index is 2.48. The molecule has 2 rings (SSSR count). The summed E-state index contributed by atoms with van der Waals surface area (Å²) in [6.45, 7) is 0. The lowest BCUT2D eigenvalue weighted by Gasteiger charge is -2.00. The molecule has 0 amide bonds. The van der Waals surface area contributed by atoms with Crippen molar-refractivity contribution in [3.8, 4) is 0 Å². The van der Waals surface area contributed by atoms with Crippen LogP contribution in [-0.4, -0.2) is 5.78 Å². The molecule has 0 saturated heterocycles. The van der Waals surface area contributed by atoms with Gasteiger partial charge in [-0.25, -0.2) is 0 Å². The van der Waals surface area contributed by atoms with Gasteiger partial charge in [0.05, 0.1) is 0 Å². The van der Waals surface area contributed by atoms with E-state index in [-0.39, 0.29) is 0 Å². The molecule has 0 saturated carbocycles. The van der Waals surface area contributed by atoms with Gasteiger partial charge in [0.1, 0.15) is 5.78 Å². The monoisotopic (exact) mass is 158 g/mol. The third kappa shape index (κ3) is 1.30. The van der Waals surface area contributed by atoms with Crippen LogP contribution in [-0.2, 0) is 11.2 Å². The number of Topliss-reactive ketones (excluding diaryl/α,β-unsaturated/α-hetero) is 1. The Kier molecular flexibility index (Phi) is 1.78. The average molecular weight is 158 g/mol. The maximum absolute atomic E-state index is 11.2. The van der Waals surface area contributed by atoms with Crippen LogP contribution in [0.15, 0.2) is 30.3 Å². The molecule has 12 heavy (non-hydrogen) atoms. The van der Waals surface area contributed by atoms with Crippen LogP contribution in [0.25, 0.3) is 6.08 Å². The summed E-state index contributed by atoms with van der Waals surface area (Å²) in [5.74, 6) is 0.302. The van der Waals surface area contributed by atoms with Crippen molar-refractivity contribution in [3.05, 3.63) is 41.5 Å². The Morgan fingerprint density at radius 2 is 2.00 bits per heavy atom. The van der Waals surface area contributed by atoms with Crippen LogP contribution in [0.5, 0.6) is 0 Å². The molecule has 60 valence electrons. The van der Waals surface area contributed by atoms with Crippen molar-refractivity contribution in [1.29, 1.82) is 0 Å². The van der Waals surface area contributed by atoms with Crippen molar-refractivity contribution in [2.75, 3.05) is 0 Å². The van der Waals surface area contributed by atoms with Gasteiger partial charge in [0, 0.05) is 12.8 Å². The molecule has 0 spiro atoms. The van der Waals surface area contributed by atoms with E-state index in [0.29, 0.717) is 18.6 Å². The zero-order valence-electron chi connectivity index (χ0n) is 6.79. The van der Waals surface area contributed by atoms with Gasteiger partial charge in [-0.15, -0.1) is 0 Å². The lowest BCUT2D eigenvalue weighted by atomic mass is 10.0. The Labute approximate surface area is 71.7 Å². The summed E-state index contributed by atoms with van der Waals surface area (Å²) in [5, 5.41) is 0. The number of fused-ring (bicyclic) bond motifs is 1.